The highest BCUT2D eigenvalue weighted by atomic mass is 19.1. The van der Waals surface area contributed by atoms with E-state index in [4.69, 9.17) is 9.47 Å². The smallest absolute Gasteiger partial charge is 0.251 e. The molecule has 0 radical (unpaired) electrons. The van der Waals surface area contributed by atoms with Crippen molar-refractivity contribution in [1.82, 2.24) is 20.4 Å². The van der Waals surface area contributed by atoms with Crippen LogP contribution in [0.25, 0.3) is 10.9 Å². The predicted molar refractivity (Wildman–Crippen MR) is 128 cm³/mol. The van der Waals surface area contributed by atoms with Crippen LogP contribution in [-0.4, -0.2) is 60.5 Å². The van der Waals surface area contributed by atoms with Gasteiger partial charge in [-0.05, 0) is 62.6 Å². The Morgan fingerprint density at radius 3 is 2.94 bits per heavy atom. The van der Waals surface area contributed by atoms with Crippen molar-refractivity contribution in [1.29, 1.82) is 0 Å². The van der Waals surface area contributed by atoms with Gasteiger partial charge in [0.2, 0.25) is 0 Å². The molecule has 2 saturated heterocycles. The number of aromatic amines is 1. The SMILES string of the molecule is COc1cccc(F)c1CN1CCC[C@@H](NC(=O)c2ccc3[nH]nc(C4CCOCC4)c3c2)C1. The number of benzene rings is 2. The van der Waals surface area contributed by atoms with E-state index >= 15 is 0 Å². The topological polar surface area (TPSA) is 79.5 Å². The maximum absolute atomic E-state index is 14.4. The molecule has 0 aliphatic carbocycles. The number of carbonyl (C=O) groups is 1. The summed E-state index contributed by atoms with van der Waals surface area (Å²) in [5, 5.41) is 11.9. The lowest BCUT2D eigenvalue weighted by Gasteiger charge is -2.33. The van der Waals surface area contributed by atoms with E-state index in [-0.39, 0.29) is 17.8 Å². The zero-order chi connectivity index (χ0) is 23.5. The van der Waals surface area contributed by atoms with Gasteiger partial charge in [0.25, 0.3) is 5.91 Å². The number of hydrogen-bond donors (Lipinski definition) is 2. The molecule has 2 aromatic carbocycles. The fourth-order valence-corrected chi connectivity index (χ4v) is 5.15. The Labute approximate surface area is 198 Å². The van der Waals surface area contributed by atoms with Gasteiger partial charge in [0.05, 0.1) is 18.3 Å². The van der Waals surface area contributed by atoms with Crippen LogP contribution in [0.1, 0.15) is 53.2 Å². The van der Waals surface area contributed by atoms with Gasteiger partial charge in [0.1, 0.15) is 11.6 Å². The van der Waals surface area contributed by atoms with Gasteiger partial charge < -0.3 is 14.8 Å². The van der Waals surface area contributed by atoms with E-state index in [1.54, 1.807) is 19.2 Å². The highest BCUT2D eigenvalue weighted by Crippen LogP contribution is 2.31. The van der Waals surface area contributed by atoms with Gasteiger partial charge >= 0.3 is 0 Å². The van der Waals surface area contributed by atoms with E-state index < -0.39 is 0 Å². The van der Waals surface area contributed by atoms with Crippen molar-refractivity contribution in [3.63, 3.8) is 0 Å². The molecule has 0 saturated carbocycles. The summed E-state index contributed by atoms with van der Waals surface area (Å²) in [5.74, 6) is 0.554. The molecule has 1 atom stereocenters. The van der Waals surface area contributed by atoms with Gasteiger partial charge in [-0.15, -0.1) is 0 Å². The number of nitrogens with one attached hydrogen (secondary N) is 2. The van der Waals surface area contributed by atoms with Gasteiger partial charge in [0.15, 0.2) is 0 Å². The molecular formula is C26H31FN4O3. The Morgan fingerprint density at radius 1 is 1.26 bits per heavy atom. The second-order valence-corrected chi connectivity index (χ2v) is 9.22. The summed E-state index contributed by atoms with van der Waals surface area (Å²) in [6.07, 6.45) is 3.73. The molecule has 3 aromatic rings. The van der Waals surface area contributed by atoms with Crippen LogP contribution >= 0.6 is 0 Å². The predicted octanol–water partition coefficient (Wildman–Crippen LogP) is 4.00. The van der Waals surface area contributed by atoms with E-state index in [1.165, 1.54) is 6.07 Å². The number of piperidine rings is 1. The monoisotopic (exact) mass is 466 g/mol. The molecule has 8 heteroatoms. The molecule has 0 unspecified atom stereocenters. The first-order chi connectivity index (χ1) is 16.6. The largest absolute Gasteiger partial charge is 0.496 e. The van der Waals surface area contributed by atoms with E-state index in [0.29, 0.717) is 35.9 Å². The number of ether oxygens (including phenoxy) is 2. The highest BCUT2D eigenvalue weighted by Gasteiger charge is 2.25. The average Bonchev–Trinajstić information content (AvgIpc) is 3.29. The molecule has 3 heterocycles. The minimum Gasteiger partial charge on any atom is -0.496 e. The Kier molecular flexibility index (Phi) is 6.78. The molecule has 7 nitrogen and oxygen atoms in total. The third-order valence-corrected chi connectivity index (χ3v) is 6.98. The molecule has 1 amide bonds. The van der Waals surface area contributed by atoms with Crippen molar-refractivity contribution < 1.29 is 18.7 Å². The van der Waals surface area contributed by atoms with Crippen LogP contribution in [0, 0.1) is 5.82 Å². The summed E-state index contributed by atoms with van der Waals surface area (Å²) in [6.45, 7) is 3.48. The number of aromatic nitrogens is 2. The molecule has 2 aliphatic rings. The maximum atomic E-state index is 14.4. The number of methoxy groups -OCH3 is 1. The quantitative estimate of drug-likeness (QED) is 0.574. The third-order valence-electron chi connectivity index (χ3n) is 6.98. The van der Waals surface area contributed by atoms with E-state index in [9.17, 15) is 9.18 Å². The first kappa shape index (κ1) is 22.8. The second kappa shape index (κ2) is 10.1. The summed E-state index contributed by atoms with van der Waals surface area (Å²) < 4.78 is 25.2. The van der Waals surface area contributed by atoms with Crippen LogP contribution in [0.2, 0.25) is 0 Å². The molecule has 2 fully saturated rings. The van der Waals surface area contributed by atoms with E-state index in [2.05, 4.69) is 20.4 Å². The first-order valence-electron chi connectivity index (χ1n) is 12.0. The minimum atomic E-state index is -0.265. The number of nitrogens with zero attached hydrogens (tertiary/aromatic N) is 2. The van der Waals surface area contributed by atoms with Gasteiger partial charge in [-0.3, -0.25) is 14.8 Å². The van der Waals surface area contributed by atoms with Crippen LogP contribution in [0.4, 0.5) is 4.39 Å². The van der Waals surface area contributed by atoms with Crippen molar-refractivity contribution in [2.45, 2.75) is 44.2 Å². The normalized spacial score (nSPS) is 19.9. The number of likely N-dealkylation sites (tertiary alicyclic amines) is 1. The third kappa shape index (κ3) is 4.79. The van der Waals surface area contributed by atoms with E-state index in [1.807, 2.05) is 18.2 Å². The number of halogens is 1. The average molecular weight is 467 g/mol. The molecule has 0 spiro atoms. The minimum absolute atomic E-state index is 0.00836. The summed E-state index contributed by atoms with van der Waals surface area (Å²) in [7, 11) is 1.56. The Balaban J connectivity index is 1.27. The Bertz CT molecular complexity index is 1160. The van der Waals surface area contributed by atoms with Crippen LogP contribution in [-0.2, 0) is 11.3 Å². The summed E-state index contributed by atoms with van der Waals surface area (Å²) in [5.41, 5.74) is 3.16. The number of amides is 1. The van der Waals surface area contributed by atoms with Gasteiger partial charge in [0, 0.05) is 54.8 Å². The molecule has 34 heavy (non-hydrogen) atoms. The number of hydrogen-bond acceptors (Lipinski definition) is 5. The first-order valence-corrected chi connectivity index (χ1v) is 12.0. The molecule has 180 valence electrons. The molecular weight excluding hydrogens is 435 g/mol. The van der Waals surface area contributed by atoms with Crippen LogP contribution in [0.5, 0.6) is 5.75 Å². The summed E-state index contributed by atoms with van der Waals surface area (Å²) >= 11 is 0. The van der Waals surface area contributed by atoms with E-state index in [0.717, 1.165) is 62.0 Å². The van der Waals surface area contributed by atoms with Gasteiger partial charge in [-0.25, -0.2) is 4.39 Å². The molecule has 5 rings (SSSR count). The summed E-state index contributed by atoms with van der Waals surface area (Å²) in [6, 6.07) is 10.6. The van der Waals surface area contributed by atoms with Gasteiger partial charge in [-0.2, -0.15) is 5.10 Å². The summed E-state index contributed by atoms with van der Waals surface area (Å²) in [4.78, 5) is 15.3. The number of fused-ring (bicyclic) bond motifs is 1. The number of rotatable bonds is 6. The zero-order valence-electron chi connectivity index (χ0n) is 19.5. The molecule has 2 N–H and O–H groups in total. The van der Waals surface area contributed by atoms with Gasteiger partial charge in [-0.1, -0.05) is 6.07 Å². The molecule has 1 aromatic heterocycles. The molecule has 2 aliphatic heterocycles. The van der Waals surface area contributed by atoms with Crippen LogP contribution in [0.15, 0.2) is 36.4 Å². The van der Waals surface area contributed by atoms with Crippen molar-refractivity contribution in [3.8, 4) is 5.75 Å². The van der Waals surface area contributed by atoms with Crippen LogP contribution < -0.4 is 10.1 Å². The van der Waals surface area contributed by atoms with Crippen molar-refractivity contribution in [2.75, 3.05) is 33.4 Å². The standard InChI is InChI=1S/C26H31FN4O3/c1-33-24-6-2-5-22(27)21(24)16-31-11-3-4-19(15-31)28-26(32)18-7-8-23-20(14-18)25(30-29-23)17-9-12-34-13-10-17/h2,5-8,14,17,19H,3-4,9-13,15-16H2,1H3,(H,28,32)(H,29,30)/t19-/m1/s1. The van der Waals surface area contributed by atoms with Crippen molar-refractivity contribution in [2.24, 2.45) is 0 Å². The zero-order valence-corrected chi connectivity index (χ0v) is 19.5. The Morgan fingerprint density at radius 2 is 2.12 bits per heavy atom. The lowest BCUT2D eigenvalue weighted by atomic mass is 9.93. The lowest BCUT2D eigenvalue weighted by molar-refractivity contribution is 0.0847. The molecule has 0 bridgehead atoms. The fraction of sp³-hybridized carbons (Fsp3) is 0.462. The Hall–Kier alpha value is -2.97. The number of carbonyl (C=O) groups excluding carboxylic acids is 1. The van der Waals surface area contributed by atoms with Crippen molar-refractivity contribution in [3.05, 3.63) is 59.0 Å². The second-order valence-electron chi connectivity index (χ2n) is 9.22. The number of H-pyrrole nitrogens is 1. The van der Waals surface area contributed by atoms with Crippen LogP contribution in [0.3, 0.4) is 0 Å². The fourth-order valence-electron chi connectivity index (χ4n) is 5.15. The lowest BCUT2D eigenvalue weighted by Crippen LogP contribution is -2.47. The highest BCUT2D eigenvalue weighted by molar-refractivity contribution is 5.98. The van der Waals surface area contributed by atoms with Crippen molar-refractivity contribution >= 4 is 16.8 Å². The maximum Gasteiger partial charge on any atom is 0.251 e.